The van der Waals surface area contributed by atoms with Crippen molar-refractivity contribution in [3.8, 4) is 11.5 Å². The second kappa shape index (κ2) is 5.57. The topological polar surface area (TPSA) is 92.6 Å². The molecule has 1 saturated heterocycles. The molecule has 0 radical (unpaired) electrons. The predicted molar refractivity (Wildman–Crippen MR) is 81.2 cm³/mol. The van der Waals surface area contributed by atoms with Crippen LogP contribution in [0.2, 0.25) is 0 Å². The predicted octanol–water partition coefficient (Wildman–Crippen LogP) is 0.286. The van der Waals surface area contributed by atoms with Crippen LogP contribution in [0.1, 0.15) is 0 Å². The minimum absolute atomic E-state index is 0.569. The Labute approximate surface area is 126 Å². The number of aromatic nitrogens is 6. The fraction of sp³-hybridized carbons (Fsp3) is 0.286. The van der Waals surface area contributed by atoms with Gasteiger partial charge in [0.15, 0.2) is 5.82 Å². The summed E-state index contributed by atoms with van der Waals surface area (Å²) < 4.78 is 0. The number of nitrogens with zero attached hydrogens (tertiary/aromatic N) is 7. The number of piperazine rings is 1. The van der Waals surface area contributed by atoms with Crippen LogP contribution in [0.4, 0.5) is 5.95 Å². The van der Waals surface area contributed by atoms with Gasteiger partial charge in [0.2, 0.25) is 5.95 Å². The molecule has 8 nitrogen and oxygen atoms in total. The molecular formula is C14H14N8. The molecular weight excluding hydrogens is 280 g/mol. The molecule has 0 bridgehead atoms. The van der Waals surface area contributed by atoms with E-state index in [0.717, 1.165) is 37.6 Å². The molecule has 3 aromatic heterocycles. The Kier molecular flexibility index (Phi) is 3.28. The third-order valence-corrected chi connectivity index (χ3v) is 3.53. The number of rotatable bonds is 2. The Hall–Kier alpha value is -2.74. The average Bonchev–Trinajstić information content (AvgIpc) is 2.62. The van der Waals surface area contributed by atoms with Crippen molar-refractivity contribution in [1.82, 2.24) is 35.5 Å². The van der Waals surface area contributed by atoms with Crippen molar-refractivity contribution in [2.45, 2.75) is 0 Å². The molecule has 1 fully saturated rings. The highest BCUT2D eigenvalue weighted by Crippen LogP contribution is 2.17. The highest BCUT2D eigenvalue weighted by Gasteiger charge is 2.14. The van der Waals surface area contributed by atoms with Crippen LogP contribution in [-0.4, -0.2) is 56.3 Å². The molecule has 8 heteroatoms. The van der Waals surface area contributed by atoms with E-state index in [1.165, 1.54) is 0 Å². The number of hydrogen-bond donors (Lipinski definition) is 1. The minimum atomic E-state index is 0.569. The van der Waals surface area contributed by atoms with E-state index in [4.69, 9.17) is 0 Å². The molecule has 110 valence electrons. The zero-order chi connectivity index (χ0) is 14.8. The third kappa shape index (κ3) is 2.44. The standard InChI is InChI=1S/C14H14N8/c1-3-16-14(22-7-5-15-6-8-22)20-11(1)13-17-9-12-10(19-13)2-4-18-21-12/h1-4,9,15H,5-8H2. The summed E-state index contributed by atoms with van der Waals surface area (Å²) in [7, 11) is 0. The Balaban J connectivity index is 1.71. The second-order valence-corrected chi connectivity index (χ2v) is 4.97. The third-order valence-electron chi connectivity index (χ3n) is 3.53. The first-order valence-corrected chi connectivity index (χ1v) is 7.14. The van der Waals surface area contributed by atoms with E-state index in [-0.39, 0.29) is 0 Å². The summed E-state index contributed by atoms with van der Waals surface area (Å²) in [4.78, 5) is 19.9. The van der Waals surface area contributed by atoms with Crippen LogP contribution in [0, 0.1) is 0 Å². The largest absolute Gasteiger partial charge is 0.338 e. The molecule has 0 amide bonds. The van der Waals surface area contributed by atoms with Crippen LogP contribution >= 0.6 is 0 Å². The molecule has 0 unspecified atom stereocenters. The van der Waals surface area contributed by atoms with Crippen molar-refractivity contribution in [2.24, 2.45) is 0 Å². The first kappa shape index (κ1) is 13.0. The smallest absolute Gasteiger partial charge is 0.226 e. The summed E-state index contributed by atoms with van der Waals surface area (Å²) in [5.74, 6) is 1.29. The summed E-state index contributed by atoms with van der Waals surface area (Å²) in [6, 6.07) is 3.63. The molecule has 1 N–H and O–H groups in total. The van der Waals surface area contributed by atoms with Gasteiger partial charge in [-0.25, -0.2) is 19.9 Å². The summed E-state index contributed by atoms with van der Waals surface area (Å²) in [5, 5.41) is 11.1. The van der Waals surface area contributed by atoms with Gasteiger partial charge in [0.25, 0.3) is 0 Å². The summed E-state index contributed by atoms with van der Waals surface area (Å²) in [5.41, 5.74) is 2.13. The quantitative estimate of drug-likeness (QED) is 0.721. The highest BCUT2D eigenvalue weighted by molar-refractivity contribution is 5.74. The number of fused-ring (bicyclic) bond motifs is 1. The lowest BCUT2D eigenvalue weighted by molar-refractivity contribution is 0.580. The molecule has 0 spiro atoms. The van der Waals surface area contributed by atoms with Gasteiger partial charge in [-0.1, -0.05) is 0 Å². The maximum absolute atomic E-state index is 4.60. The Morgan fingerprint density at radius 1 is 0.955 bits per heavy atom. The fourth-order valence-corrected chi connectivity index (χ4v) is 2.40. The van der Waals surface area contributed by atoms with Crippen LogP contribution in [0.15, 0.2) is 30.7 Å². The lowest BCUT2D eigenvalue weighted by atomic mass is 10.3. The number of anilines is 1. The lowest BCUT2D eigenvalue weighted by Gasteiger charge is -2.27. The molecule has 1 aliphatic heterocycles. The summed E-state index contributed by atoms with van der Waals surface area (Å²) in [6.07, 6.45) is 5.03. The van der Waals surface area contributed by atoms with Gasteiger partial charge in [-0.05, 0) is 12.1 Å². The molecule has 0 aliphatic carbocycles. The summed E-state index contributed by atoms with van der Waals surface area (Å²) >= 11 is 0. The van der Waals surface area contributed by atoms with Crippen molar-refractivity contribution in [3.05, 3.63) is 30.7 Å². The fourth-order valence-electron chi connectivity index (χ4n) is 2.40. The van der Waals surface area contributed by atoms with Crippen molar-refractivity contribution in [1.29, 1.82) is 0 Å². The lowest BCUT2D eigenvalue weighted by Crippen LogP contribution is -2.44. The van der Waals surface area contributed by atoms with Crippen molar-refractivity contribution >= 4 is 17.0 Å². The Bertz CT molecular complexity index is 799. The summed E-state index contributed by atoms with van der Waals surface area (Å²) in [6.45, 7) is 3.69. The van der Waals surface area contributed by atoms with Crippen molar-refractivity contribution in [3.63, 3.8) is 0 Å². The Morgan fingerprint density at radius 3 is 2.77 bits per heavy atom. The van der Waals surface area contributed by atoms with Gasteiger partial charge in [-0.3, -0.25) is 0 Å². The van der Waals surface area contributed by atoms with Gasteiger partial charge in [0, 0.05) is 32.4 Å². The van der Waals surface area contributed by atoms with E-state index >= 15 is 0 Å². The minimum Gasteiger partial charge on any atom is -0.338 e. The average molecular weight is 294 g/mol. The van der Waals surface area contributed by atoms with Crippen LogP contribution in [0.25, 0.3) is 22.6 Å². The first-order chi connectivity index (χ1) is 10.9. The van der Waals surface area contributed by atoms with Gasteiger partial charge >= 0.3 is 0 Å². The van der Waals surface area contributed by atoms with Gasteiger partial charge in [0.1, 0.15) is 11.2 Å². The monoisotopic (exact) mass is 294 g/mol. The molecule has 0 saturated carbocycles. The first-order valence-electron chi connectivity index (χ1n) is 7.14. The molecule has 1 aliphatic rings. The van der Waals surface area contributed by atoms with Crippen LogP contribution in [0.3, 0.4) is 0 Å². The zero-order valence-corrected chi connectivity index (χ0v) is 11.8. The molecule has 4 heterocycles. The van der Waals surface area contributed by atoms with Crippen LogP contribution < -0.4 is 10.2 Å². The molecule has 3 aromatic rings. The van der Waals surface area contributed by atoms with Gasteiger partial charge in [-0.15, -0.1) is 5.10 Å². The molecule has 0 aromatic carbocycles. The SMILES string of the molecule is c1cc2nc(-c3ccnc(N4CCNCC4)n3)ncc2nn1. The van der Waals surface area contributed by atoms with E-state index in [1.807, 2.05) is 12.1 Å². The maximum Gasteiger partial charge on any atom is 0.226 e. The number of nitrogens with one attached hydrogen (secondary N) is 1. The van der Waals surface area contributed by atoms with Crippen LogP contribution in [0.5, 0.6) is 0 Å². The van der Waals surface area contributed by atoms with E-state index in [9.17, 15) is 0 Å². The van der Waals surface area contributed by atoms with E-state index in [1.54, 1.807) is 18.6 Å². The Morgan fingerprint density at radius 2 is 1.86 bits per heavy atom. The molecule has 22 heavy (non-hydrogen) atoms. The number of hydrogen-bond acceptors (Lipinski definition) is 8. The van der Waals surface area contributed by atoms with E-state index in [0.29, 0.717) is 17.0 Å². The molecule has 4 rings (SSSR count). The van der Waals surface area contributed by atoms with Gasteiger partial charge < -0.3 is 10.2 Å². The highest BCUT2D eigenvalue weighted by atomic mass is 15.3. The van der Waals surface area contributed by atoms with Gasteiger partial charge in [0.05, 0.1) is 17.9 Å². The maximum atomic E-state index is 4.60. The van der Waals surface area contributed by atoms with E-state index in [2.05, 4.69) is 40.3 Å². The van der Waals surface area contributed by atoms with E-state index < -0.39 is 0 Å². The van der Waals surface area contributed by atoms with Crippen molar-refractivity contribution in [2.75, 3.05) is 31.1 Å². The van der Waals surface area contributed by atoms with Crippen molar-refractivity contribution < 1.29 is 0 Å². The van der Waals surface area contributed by atoms with Gasteiger partial charge in [-0.2, -0.15) is 5.10 Å². The zero-order valence-electron chi connectivity index (χ0n) is 11.8. The normalized spacial score (nSPS) is 15.2. The van der Waals surface area contributed by atoms with Crippen LogP contribution in [-0.2, 0) is 0 Å². The molecule has 0 atom stereocenters. The second-order valence-electron chi connectivity index (χ2n) is 4.97.